The zero-order chi connectivity index (χ0) is 13.0. The van der Waals surface area contributed by atoms with Crippen molar-refractivity contribution in [3.8, 4) is 11.5 Å². The van der Waals surface area contributed by atoms with E-state index in [1.807, 2.05) is 0 Å². The summed E-state index contributed by atoms with van der Waals surface area (Å²) in [6.45, 7) is 3.69. The maximum Gasteiger partial charge on any atom is 0.338 e. The first-order valence-corrected chi connectivity index (χ1v) is 5.15. The molecule has 0 aliphatic heterocycles. The van der Waals surface area contributed by atoms with E-state index in [4.69, 9.17) is 9.47 Å². The van der Waals surface area contributed by atoms with Crippen molar-refractivity contribution in [3.05, 3.63) is 23.0 Å². The van der Waals surface area contributed by atoms with Crippen molar-refractivity contribution in [1.82, 2.24) is 0 Å². The highest BCUT2D eigenvalue weighted by Crippen LogP contribution is 2.36. The summed E-state index contributed by atoms with van der Waals surface area (Å²) >= 11 is 0. The second kappa shape index (κ2) is 5.52. The average Bonchev–Trinajstić information content (AvgIpc) is 2.33. The molecule has 94 valence electrons. The van der Waals surface area contributed by atoms with E-state index in [0.717, 1.165) is 6.07 Å². The van der Waals surface area contributed by atoms with Gasteiger partial charge in [-0.3, -0.25) is 0 Å². The van der Waals surface area contributed by atoms with Crippen LogP contribution in [0.15, 0.2) is 6.07 Å². The van der Waals surface area contributed by atoms with Crippen LogP contribution in [-0.2, 0) is 4.74 Å². The van der Waals surface area contributed by atoms with Gasteiger partial charge in [-0.2, -0.15) is 0 Å². The molecule has 0 spiro atoms. The molecule has 1 aromatic rings. The molecule has 0 N–H and O–H groups in total. The maximum absolute atomic E-state index is 13.7. The van der Waals surface area contributed by atoms with Crippen LogP contribution in [-0.4, -0.2) is 26.8 Å². The van der Waals surface area contributed by atoms with Gasteiger partial charge in [-0.25, -0.2) is 9.18 Å². The standard InChI is InChI=1S/C12H15FO4/c1-5-17-11-9(13)6-8(12(14)16-4)7(2)10(11)15-3/h6H,5H2,1-4H3. The lowest BCUT2D eigenvalue weighted by atomic mass is 10.1. The van der Waals surface area contributed by atoms with E-state index in [0.29, 0.717) is 12.2 Å². The third kappa shape index (κ3) is 2.49. The van der Waals surface area contributed by atoms with Crippen molar-refractivity contribution < 1.29 is 23.4 Å². The molecular formula is C12H15FO4. The molecule has 0 radical (unpaired) electrons. The number of halogens is 1. The van der Waals surface area contributed by atoms with Gasteiger partial charge in [0.1, 0.15) is 0 Å². The van der Waals surface area contributed by atoms with Crippen molar-refractivity contribution >= 4 is 5.97 Å². The minimum absolute atomic E-state index is 0.0140. The number of ether oxygens (including phenoxy) is 3. The van der Waals surface area contributed by atoms with E-state index in [2.05, 4.69) is 4.74 Å². The summed E-state index contributed by atoms with van der Waals surface area (Å²) in [5.41, 5.74) is 0.620. The van der Waals surface area contributed by atoms with E-state index in [9.17, 15) is 9.18 Å². The van der Waals surface area contributed by atoms with Crippen LogP contribution in [0.2, 0.25) is 0 Å². The first-order chi connectivity index (χ1) is 8.06. The molecule has 5 heteroatoms. The largest absolute Gasteiger partial charge is 0.492 e. The number of hydrogen-bond donors (Lipinski definition) is 0. The zero-order valence-corrected chi connectivity index (χ0v) is 10.3. The number of methoxy groups -OCH3 is 2. The first-order valence-electron chi connectivity index (χ1n) is 5.15. The quantitative estimate of drug-likeness (QED) is 0.760. The highest BCUT2D eigenvalue weighted by molar-refractivity contribution is 5.92. The minimum Gasteiger partial charge on any atom is -0.492 e. The molecule has 1 rings (SSSR count). The van der Waals surface area contributed by atoms with Crippen molar-refractivity contribution in [1.29, 1.82) is 0 Å². The number of carbonyl (C=O) groups excluding carboxylic acids is 1. The Bertz CT molecular complexity index is 429. The van der Waals surface area contributed by atoms with Crippen molar-refractivity contribution in [3.63, 3.8) is 0 Å². The van der Waals surface area contributed by atoms with Crippen LogP contribution in [0.5, 0.6) is 11.5 Å². The Hall–Kier alpha value is -1.78. The van der Waals surface area contributed by atoms with Gasteiger partial charge in [0.2, 0.25) is 0 Å². The summed E-state index contributed by atoms with van der Waals surface area (Å²) in [7, 11) is 2.63. The van der Waals surface area contributed by atoms with Gasteiger partial charge >= 0.3 is 5.97 Å². The van der Waals surface area contributed by atoms with Gasteiger partial charge in [-0.15, -0.1) is 0 Å². The van der Waals surface area contributed by atoms with E-state index in [-0.39, 0.29) is 17.1 Å². The van der Waals surface area contributed by atoms with Crippen molar-refractivity contribution in [2.45, 2.75) is 13.8 Å². The smallest absolute Gasteiger partial charge is 0.338 e. The van der Waals surface area contributed by atoms with Gasteiger partial charge in [-0.05, 0) is 19.9 Å². The molecule has 0 saturated carbocycles. The van der Waals surface area contributed by atoms with Gasteiger partial charge in [0.25, 0.3) is 0 Å². The van der Waals surface area contributed by atoms with Crippen LogP contribution < -0.4 is 9.47 Å². The summed E-state index contributed by atoms with van der Waals surface area (Å²) in [5, 5.41) is 0. The predicted octanol–water partition coefficient (Wildman–Crippen LogP) is 2.33. The van der Waals surface area contributed by atoms with E-state index in [1.54, 1.807) is 13.8 Å². The molecule has 0 fully saturated rings. The summed E-state index contributed by atoms with van der Waals surface area (Å²) in [6.07, 6.45) is 0. The second-order valence-corrected chi connectivity index (χ2v) is 3.32. The summed E-state index contributed by atoms with van der Waals surface area (Å²) in [5.74, 6) is -1.02. The summed E-state index contributed by atoms with van der Waals surface area (Å²) in [4.78, 5) is 11.4. The third-order valence-electron chi connectivity index (χ3n) is 2.34. The van der Waals surface area contributed by atoms with Crippen LogP contribution in [0.25, 0.3) is 0 Å². The van der Waals surface area contributed by atoms with Crippen LogP contribution >= 0.6 is 0 Å². The van der Waals surface area contributed by atoms with Crippen LogP contribution in [0.3, 0.4) is 0 Å². The summed E-state index contributed by atoms with van der Waals surface area (Å²) < 4.78 is 28.5. The van der Waals surface area contributed by atoms with E-state index >= 15 is 0 Å². The van der Waals surface area contributed by atoms with Crippen molar-refractivity contribution in [2.75, 3.05) is 20.8 Å². The minimum atomic E-state index is -0.644. The Morgan fingerprint density at radius 2 is 2.00 bits per heavy atom. The average molecular weight is 242 g/mol. The molecule has 17 heavy (non-hydrogen) atoms. The fourth-order valence-electron chi connectivity index (χ4n) is 1.55. The summed E-state index contributed by atoms with van der Waals surface area (Å²) in [6, 6.07) is 1.09. The number of hydrogen-bond acceptors (Lipinski definition) is 4. The molecule has 0 bridgehead atoms. The van der Waals surface area contributed by atoms with Gasteiger partial charge in [0.05, 0.1) is 26.4 Å². The Morgan fingerprint density at radius 3 is 2.47 bits per heavy atom. The molecule has 0 amide bonds. The Kier molecular flexibility index (Phi) is 4.31. The molecule has 0 aliphatic rings. The van der Waals surface area contributed by atoms with Crippen molar-refractivity contribution in [2.24, 2.45) is 0 Å². The SMILES string of the molecule is CCOc1c(F)cc(C(=O)OC)c(C)c1OC. The lowest BCUT2D eigenvalue weighted by molar-refractivity contribution is 0.0598. The fourth-order valence-corrected chi connectivity index (χ4v) is 1.55. The number of rotatable bonds is 4. The lowest BCUT2D eigenvalue weighted by Crippen LogP contribution is -2.08. The van der Waals surface area contributed by atoms with Gasteiger partial charge in [0.15, 0.2) is 17.3 Å². The number of esters is 1. The molecule has 0 heterocycles. The Morgan fingerprint density at radius 1 is 1.35 bits per heavy atom. The molecule has 4 nitrogen and oxygen atoms in total. The molecule has 0 aromatic heterocycles. The van der Waals surface area contributed by atoms with Gasteiger partial charge in [-0.1, -0.05) is 0 Å². The van der Waals surface area contributed by atoms with Gasteiger partial charge < -0.3 is 14.2 Å². The third-order valence-corrected chi connectivity index (χ3v) is 2.34. The number of carbonyl (C=O) groups is 1. The second-order valence-electron chi connectivity index (χ2n) is 3.32. The van der Waals surface area contributed by atoms with Crippen LogP contribution in [0.4, 0.5) is 4.39 Å². The maximum atomic E-state index is 13.7. The monoisotopic (exact) mass is 242 g/mol. The highest BCUT2D eigenvalue weighted by atomic mass is 19.1. The molecule has 0 aliphatic carbocycles. The van der Waals surface area contributed by atoms with E-state index < -0.39 is 11.8 Å². The van der Waals surface area contributed by atoms with E-state index in [1.165, 1.54) is 14.2 Å². The van der Waals surface area contributed by atoms with Crippen LogP contribution in [0.1, 0.15) is 22.8 Å². The molecule has 0 saturated heterocycles. The topological polar surface area (TPSA) is 44.8 Å². The Balaban J connectivity index is 3.40. The normalized spacial score (nSPS) is 9.94. The first kappa shape index (κ1) is 13.3. The molecule has 0 unspecified atom stereocenters. The lowest BCUT2D eigenvalue weighted by Gasteiger charge is -2.15. The highest BCUT2D eigenvalue weighted by Gasteiger charge is 2.21. The number of benzene rings is 1. The zero-order valence-electron chi connectivity index (χ0n) is 10.3. The fraction of sp³-hybridized carbons (Fsp3) is 0.417. The molecule has 0 atom stereocenters. The van der Waals surface area contributed by atoms with Crippen LogP contribution in [0, 0.1) is 12.7 Å². The van der Waals surface area contributed by atoms with Gasteiger partial charge in [0, 0.05) is 5.56 Å². The molecular weight excluding hydrogens is 227 g/mol. The molecule has 1 aromatic carbocycles. The predicted molar refractivity (Wildman–Crippen MR) is 60.2 cm³/mol. The Labute approximate surface area is 99.3 Å².